The zero-order valence-electron chi connectivity index (χ0n) is 15.1. The van der Waals surface area contributed by atoms with Crippen LogP contribution in [0.2, 0.25) is 0 Å². The first-order chi connectivity index (χ1) is 11.0. The number of nitrogens with one attached hydrogen (secondary N) is 2. The molecule has 6 heteroatoms. The minimum Gasteiger partial charge on any atom is -0.359 e. The molecule has 1 heterocycles. The van der Waals surface area contributed by atoms with Crippen molar-refractivity contribution in [1.82, 2.24) is 20.7 Å². The van der Waals surface area contributed by atoms with E-state index in [2.05, 4.69) is 60.5 Å². The molecular weight excluding hydrogens is 290 g/mol. The number of hydrogen-bond acceptors (Lipinski definition) is 4. The van der Waals surface area contributed by atoms with Crippen LogP contribution in [-0.2, 0) is 6.54 Å². The monoisotopic (exact) mass is 321 g/mol. The van der Waals surface area contributed by atoms with Gasteiger partial charge in [-0.3, -0.25) is 0 Å². The average Bonchev–Trinajstić information content (AvgIpc) is 3.21. The highest BCUT2D eigenvalue weighted by Crippen LogP contribution is 2.34. The molecule has 23 heavy (non-hydrogen) atoms. The Balaban J connectivity index is 1.90. The molecule has 1 aromatic rings. The molecule has 0 spiro atoms. The number of nitrogens with zero attached hydrogens (tertiary/aromatic N) is 3. The van der Waals surface area contributed by atoms with Crippen LogP contribution in [-0.4, -0.2) is 49.2 Å². The Morgan fingerprint density at radius 1 is 1.39 bits per heavy atom. The molecule has 1 saturated carbocycles. The van der Waals surface area contributed by atoms with E-state index in [1.165, 1.54) is 12.8 Å². The largest absolute Gasteiger partial charge is 0.359 e. The zero-order chi connectivity index (χ0) is 16.8. The number of aromatic nitrogens is 1. The van der Waals surface area contributed by atoms with Gasteiger partial charge in [0, 0.05) is 25.2 Å². The van der Waals surface area contributed by atoms with E-state index in [9.17, 15) is 0 Å². The molecule has 1 aliphatic carbocycles. The van der Waals surface area contributed by atoms with Crippen molar-refractivity contribution < 1.29 is 4.52 Å². The Hall–Kier alpha value is -1.56. The van der Waals surface area contributed by atoms with Crippen molar-refractivity contribution in [3.8, 4) is 0 Å². The summed E-state index contributed by atoms with van der Waals surface area (Å²) in [6, 6.07) is 2.56. The lowest BCUT2D eigenvalue weighted by molar-refractivity contribution is 0.264. The van der Waals surface area contributed by atoms with Crippen molar-refractivity contribution in [2.45, 2.75) is 52.1 Å². The summed E-state index contributed by atoms with van der Waals surface area (Å²) in [7, 11) is 4.30. The van der Waals surface area contributed by atoms with E-state index in [1.54, 1.807) is 0 Å². The molecule has 0 aromatic carbocycles. The third-order valence-electron chi connectivity index (χ3n) is 4.21. The van der Waals surface area contributed by atoms with Gasteiger partial charge in [-0.15, -0.1) is 0 Å². The van der Waals surface area contributed by atoms with Crippen LogP contribution in [0.3, 0.4) is 0 Å². The van der Waals surface area contributed by atoms with Gasteiger partial charge >= 0.3 is 0 Å². The van der Waals surface area contributed by atoms with Gasteiger partial charge in [0.25, 0.3) is 0 Å². The van der Waals surface area contributed by atoms with Crippen LogP contribution in [0.4, 0.5) is 0 Å². The van der Waals surface area contributed by atoms with E-state index >= 15 is 0 Å². The van der Waals surface area contributed by atoms with Crippen LogP contribution in [0.5, 0.6) is 0 Å². The molecule has 1 fully saturated rings. The van der Waals surface area contributed by atoms with Gasteiger partial charge in [0.15, 0.2) is 11.7 Å². The first kappa shape index (κ1) is 17.8. The Labute approximate surface area is 139 Å². The van der Waals surface area contributed by atoms with E-state index < -0.39 is 0 Å². The van der Waals surface area contributed by atoms with Gasteiger partial charge in [-0.25, -0.2) is 4.99 Å². The smallest absolute Gasteiger partial charge is 0.191 e. The van der Waals surface area contributed by atoms with E-state index in [4.69, 9.17) is 4.52 Å². The maximum atomic E-state index is 5.35. The number of likely N-dealkylation sites (N-methyl/N-ethyl adjacent to an activating group) is 1. The maximum absolute atomic E-state index is 5.35. The van der Waals surface area contributed by atoms with Crippen LogP contribution in [0.1, 0.15) is 51.0 Å². The highest BCUT2D eigenvalue weighted by molar-refractivity contribution is 5.79. The normalized spacial score (nSPS) is 16.9. The topological polar surface area (TPSA) is 65.7 Å². The van der Waals surface area contributed by atoms with Crippen molar-refractivity contribution >= 4 is 5.96 Å². The summed E-state index contributed by atoms with van der Waals surface area (Å²) in [6.07, 6.45) is 2.68. The zero-order valence-corrected chi connectivity index (χ0v) is 15.1. The van der Waals surface area contributed by atoms with Gasteiger partial charge in [0.2, 0.25) is 0 Å². The van der Waals surface area contributed by atoms with Crippen LogP contribution < -0.4 is 10.6 Å². The second kappa shape index (κ2) is 8.34. The fourth-order valence-corrected chi connectivity index (χ4v) is 2.63. The van der Waals surface area contributed by atoms with E-state index in [0.717, 1.165) is 36.4 Å². The lowest BCUT2D eigenvalue weighted by Crippen LogP contribution is -2.46. The summed E-state index contributed by atoms with van der Waals surface area (Å²) in [5, 5.41) is 10.8. The molecular formula is C17H31N5O. The molecule has 0 radical (unpaired) electrons. The Morgan fingerprint density at radius 3 is 2.65 bits per heavy atom. The molecule has 1 atom stereocenters. The second-order valence-electron chi connectivity index (χ2n) is 6.82. The maximum Gasteiger partial charge on any atom is 0.191 e. The highest BCUT2D eigenvalue weighted by Gasteiger charge is 2.32. The third kappa shape index (κ3) is 5.53. The van der Waals surface area contributed by atoms with Gasteiger partial charge < -0.3 is 20.1 Å². The summed E-state index contributed by atoms with van der Waals surface area (Å²) in [5.41, 5.74) is 0.981. The van der Waals surface area contributed by atoms with Gasteiger partial charge in [-0.05, 0) is 45.7 Å². The van der Waals surface area contributed by atoms with E-state index in [-0.39, 0.29) is 0 Å². The first-order valence-electron chi connectivity index (χ1n) is 8.65. The summed E-state index contributed by atoms with van der Waals surface area (Å²) < 4.78 is 5.35. The molecule has 6 nitrogen and oxygen atoms in total. The molecule has 0 amide bonds. The Kier molecular flexibility index (Phi) is 6.45. The van der Waals surface area contributed by atoms with E-state index in [1.807, 2.05) is 6.07 Å². The fraction of sp³-hybridized carbons (Fsp3) is 0.765. The number of rotatable bonds is 8. The standard InChI is InChI=1S/C17H31N5O/c1-6-18-17(20-11-16(22(4)5)13-7-8-13)19-10-14-9-15(12(2)3)21-23-14/h9,12-13,16H,6-8,10-11H2,1-5H3,(H2,18,19,20). The van der Waals surface area contributed by atoms with Crippen molar-refractivity contribution in [3.05, 3.63) is 17.5 Å². The summed E-state index contributed by atoms with van der Waals surface area (Å²) in [5.74, 6) is 2.84. The summed E-state index contributed by atoms with van der Waals surface area (Å²) >= 11 is 0. The van der Waals surface area contributed by atoms with Gasteiger partial charge in [0.1, 0.15) is 6.54 Å². The Bertz CT molecular complexity index is 503. The molecule has 130 valence electrons. The molecule has 2 rings (SSSR count). The molecule has 1 aliphatic rings. The van der Waals surface area contributed by atoms with Gasteiger partial charge in [0.05, 0.1) is 5.69 Å². The van der Waals surface area contributed by atoms with Crippen LogP contribution in [0.15, 0.2) is 15.6 Å². The minimum absolute atomic E-state index is 0.377. The highest BCUT2D eigenvalue weighted by atomic mass is 16.5. The van der Waals surface area contributed by atoms with Gasteiger partial charge in [-0.1, -0.05) is 19.0 Å². The number of guanidine groups is 1. The average molecular weight is 321 g/mol. The third-order valence-corrected chi connectivity index (χ3v) is 4.21. The van der Waals surface area contributed by atoms with Crippen molar-refractivity contribution in [1.29, 1.82) is 0 Å². The van der Waals surface area contributed by atoms with Crippen LogP contribution in [0.25, 0.3) is 0 Å². The van der Waals surface area contributed by atoms with Crippen LogP contribution >= 0.6 is 0 Å². The predicted molar refractivity (Wildman–Crippen MR) is 93.6 cm³/mol. The lowest BCUT2D eigenvalue weighted by Gasteiger charge is -2.25. The molecule has 0 saturated heterocycles. The molecule has 0 bridgehead atoms. The predicted octanol–water partition coefficient (Wildman–Crippen LogP) is 2.19. The fourth-order valence-electron chi connectivity index (χ4n) is 2.63. The van der Waals surface area contributed by atoms with Crippen molar-refractivity contribution in [2.24, 2.45) is 10.9 Å². The van der Waals surface area contributed by atoms with Crippen molar-refractivity contribution in [3.63, 3.8) is 0 Å². The van der Waals surface area contributed by atoms with Crippen molar-refractivity contribution in [2.75, 3.05) is 27.2 Å². The molecule has 0 aliphatic heterocycles. The summed E-state index contributed by atoms with van der Waals surface area (Å²) in [6.45, 7) is 8.55. The Morgan fingerprint density at radius 2 is 2.13 bits per heavy atom. The second-order valence-corrected chi connectivity index (χ2v) is 6.82. The number of hydrogen-bond donors (Lipinski definition) is 2. The summed E-state index contributed by atoms with van der Waals surface area (Å²) in [4.78, 5) is 6.91. The number of aliphatic imine (C=N–C) groups is 1. The quantitative estimate of drug-likeness (QED) is 0.567. The van der Waals surface area contributed by atoms with E-state index in [0.29, 0.717) is 18.5 Å². The van der Waals surface area contributed by atoms with Crippen LogP contribution in [0, 0.1) is 5.92 Å². The van der Waals surface area contributed by atoms with Gasteiger partial charge in [-0.2, -0.15) is 0 Å². The first-order valence-corrected chi connectivity index (χ1v) is 8.65. The lowest BCUT2D eigenvalue weighted by atomic mass is 10.1. The SMILES string of the molecule is CCNC(=NCc1cc(C(C)C)no1)NCC(C1CC1)N(C)C. The molecule has 1 unspecified atom stereocenters. The minimum atomic E-state index is 0.377. The molecule has 1 aromatic heterocycles. The molecule has 2 N–H and O–H groups in total.